The molecule has 2 aliphatic rings. The standard InChI is InChI=1S/C27H41FN2O7/c1-6-17-24(33)15(2)8-7-9-27(5)21(37-27)11-19(18(28)10-16-14-35-22(13-29)30-16)36-23(32)12-20(31)26(3,4)25(17)34/h10,14-15,17,19-21,24,31,33H,6-9,11-13,29H2,1-5H3/t15-,17+,19-,20-,21-,24?,27+/m0/s1. The minimum absolute atomic E-state index is 0.0586. The van der Waals surface area contributed by atoms with Crippen LogP contribution in [0.25, 0.3) is 6.08 Å². The second-order valence-corrected chi connectivity index (χ2v) is 11.2. The summed E-state index contributed by atoms with van der Waals surface area (Å²) in [6.45, 7) is 8.83. The van der Waals surface area contributed by atoms with Crippen LogP contribution in [0.4, 0.5) is 4.39 Å². The van der Waals surface area contributed by atoms with E-state index in [-0.39, 0.29) is 42.4 Å². The fraction of sp³-hybridized carbons (Fsp3) is 0.741. The molecule has 3 rings (SSSR count). The number of hydrogen-bond acceptors (Lipinski definition) is 9. The third-order valence-corrected chi connectivity index (χ3v) is 8.01. The summed E-state index contributed by atoms with van der Waals surface area (Å²) in [7, 11) is 0. The summed E-state index contributed by atoms with van der Waals surface area (Å²) < 4.78 is 31.9. The quantitative estimate of drug-likeness (QED) is 0.398. The SMILES string of the molecule is CC[C@H]1C(=O)C(C)(C)[C@@H](O)CC(=O)O[C@H](C(F)=Cc2coc(CN)n2)C[C@@H]2O[C@]2(C)CCC[C@H](C)C1O. The van der Waals surface area contributed by atoms with E-state index >= 15 is 4.39 Å². The number of epoxide rings is 1. The van der Waals surface area contributed by atoms with Crippen LogP contribution in [-0.4, -0.2) is 57.0 Å². The van der Waals surface area contributed by atoms with Crippen molar-refractivity contribution in [2.45, 2.75) is 110 Å². The lowest BCUT2D eigenvalue weighted by atomic mass is 9.71. The molecule has 0 amide bonds. The molecule has 9 nitrogen and oxygen atoms in total. The van der Waals surface area contributed by atoms with Crippen molar-refractivity contribution in [3.8, 4) is 0 Å². The van der Waals surface area contributed by atoms with Crippen LogP contribution in [0.2, 0.25) is 0 Å². The Hall–Kier alpha value is -2.14. The Morgan fingerprint density at radius 3 is 2.62 bits per heavy atom. The molecule has 10 heteroatoms. The first-order valence-electron chi connectivity index (χ1n) is 13.1. The van der Waals surface area contributed by atoms with Crippen LogP contribution in [0.15, 0.2) is 16.5 Å². The van der Waals surface area contributed by atoms with Crippen LogP contribution in [0.5, 0.6) is 0 Å². The lowest BCUT2D eigenvalue weighted by Gasteiger charge is -2.35. The Morgan fingerprint density at radius 1 is 1.30 bits per heavy atom. The van der Waals surface area contributed by atoms with E-state index in [0.29, 0.717) is 19.3 Å². The maximum absolute atomic E-state index is 15.3. The van der Waals surface area contributed by atoms with Crippen molar-refractivity contribution in [2.24, 2.45) is 23.0 Å². The maximum Gasteiger partial charge on any atom is 0.309 e. The van der Waals surface area contributed by atoms with Gasteiger partial charge in [-0.3, -0.25) is 9.59 Å². The van der Waals surface area contributed by atoms with Crippen LogP contribution < -0.4 is 5.73 Å². The number of ketones is 1. The van der Waals surface area contributed by atoms with E-state index in [1.165, 1.54) is 6.26 Å². The van der Waals surface area contributed by atoms with E-state index in [9.17, 15) is 19.8 Å². The van der Waals surface area contributed by atoms with Crippen LogP contribution in [0, 0.1) is 17.3 Å². The smallest absolute Gasteiger partial charge is 0.309 e. The maximum atomic E-state index is 15.3. The number of fused-ring (bicyclic) bond motifs is 1. The molecule has 1 unspecified atom stereocenters. The number of esters is 1. The van der Waals surface area contributed by atoms with Crippen molar-refractivity contribution < 1.29 is 38.1 Å². The first kappa shape index (κ1) is 29.4. The van der Waals surface area contributed by atoms with Crippen molar-refractivity contribution in [3.63, 3.8) is 0 Å². The van der Waals surface area contributed by atoms with Crippen molar-refractivity contribution >= 4 is 17.8 Å². The van der Waals surface area contributed by atoms with E-state index in [1.54, 1.807) is 13.8 Å². The summed E-state index contributed by atoms with van der Waals surface area (Å²) in [6, 6.07) is 0. The molecule has 0 aromatic carbocycles. The number of aliphatic hydroxyl groups is 2. The number of aromatic nitrogens is 1. The fourth-order valence-corrected chi connectivity index (χ4v) is 5.13. The predicted molar refractivity (Wildman–Crippen MR) is 133 cm³/mol. The largest absolute Gasteiger partial charge is 0.455 e. The number of ether oxygens (including phenoxy) is 2. The molecule has 0 aliphatic carbocycles. The number of hydrogen-bond donors (Lipinski definition) is 3. The van der Waals surface area contributed by atoms with Crippen LogP contribution in [0.3, 0.4) is 0 Å². The highest BCUT2D eigenvalue weighted by Gasteiger charge is 2.53. The summed E-state index contributed by atoms with van der Waals surface area (Å²) in [5.41, 5.74) is 3.87. The molecule has 208 valence electrons. The van der Waals surface area contributed by atoms with Gasteiger partial charge >= 0.3 is 5.97 Å². The van der Waals surface area contributed by atoms with Gasteiger partial charge in [0.2, 0.25) is 5.89 Å². The summed E-state index contributed by atoms with van der Waals surface area (Å²) in [6.07, 6.45) is 0.622. The molecule has 3 heterocycles. The molecule has 2 aliphatic heterocycles. The third-order valence-electron chi connectivity index (χ3n) is 8.01. The number of halogens is 1. The minimum Gasteiger partial charge on any atom is -0.455 e. The average molecular weight is 525 g/mol. The molecule has 0 radical (unpaired) electrons. The van der Waals surface area contributed by atoms with Gasteiger partial charge in [-0.1, -0.05) is 34.1 Å². The van der Waals surface area contributed by atoms with Gasteiger partial charge in [-0.05, 0) is 32.1 Å². The molecule has 0 saturated carbocycles. The Labute approximate surface area is 217 Å². The molecule has 0 bridgehead atoms. The number of oxazole rings is 1. The van der Waals surface area contributed by atoms with Crippen molar-refractivity contribution in [2.75, 3.05) is 0 Å². The van der Waals surface area contributed by atoms with E-state index in [2.05, 4.69) is 4.98 Å². The Bertz CT molecular complexity index is 993. The fourth-order valence-electron chi connectivity index (χ4n) is 5.13. The lowest BCUT2D eigenvalue weighted by molar-refractivity contribution is -0.155. The van der Waals surface area contributed by atoms with E-state index in [1.807, 2.05) is 20.8 Å². The number of cyclic esters (lactones) is 1. The number of rotatable bonds is 4. The average Bonchev–Trinajstić information content (AvgIpc) is 3.24. The van der Waals surface area contributed by atoms with Gasteiger partial charge in [-0.25, -0.2) is 9.37 Å². The molecule has 2 saturated heterocycles. The predicted octanol–water partition coefficient (Wildman–Crippen LogP) is 3.46. The topological polar surface area (TPSA) is 148 Å². The van der Waals surface area contributed by atoms with E-state index in [0.717, 1.165) is 12.5 Å². The van der Waals surface area contributed by atoms with Gasteiger partial charge in [0, 0.05) is 18.4 Å². The van der Waals surface area contributed by atoms with Gasteiger partial charge in [0.15, 0.2) is 6.10 Å². The highest BCUT2D eigenvalue weighted by Crippen LogP contribution is 2.45. The van der Waals surface area contributed by atoms with Gasteiger partial charge < -0.3 is 29.8 Å². The summed E-state index contributed by atoms with van der Waals surface area (Å²) in [5.74, 6) is -2.49. The molecule has 0 spiro atoms. The van der Waals surface area contributed by atoms with Crippen LogP contribution in [0.1, 0.15) is 84.7 Å². The molecule has 4 N–H and O–H groups in total. The monoisotopic (exact) mass is 524 g/mol. The van der Waals surface area contributed by atoms with E-state index in [4.69, 9.17) is 19.6 Å². The van der Waals surface area contributed by atoms with E-state index < -0.39 is 53.5 Å². The summed E-state index contributed by atoms with van der Waals surface area (Å²) in [5, 5.41) is 21.8. The Balaban J connectivity index is 1.87. The number of nitrogens with two attached hydrogens (primary N) is 1. The zero-order valence-corrected chi connectivity index (χ0v) is 22.4. The van der Waals surface area contributed by atoms with Crippen molar-refractivity contribution in [3.05, 3.63) is 23.7 Å². The second kappa shape index (κ2) is 11.7. The first-order valence-corrected chi connectivity index (χ1v) is 13.1. The summed E-state index contributed by atoms with van der Waals surface area (Å²) >= 11 is 0. The van der Waals surface area contributed by atoms with Gasteiger partial charge in [0.1, 0.15) is 23.6 Å². The normalized spacial score (nSPS) is 36.1. The zero-order chi connectivity index (χ0) is 27.5. The second-order valence-electron chi connectivity index (χ2n) is 11.2. The van der Waals surface area contributed by atoms with Crippen LogP contribution >= 0.6 is 0 Å². The van der Waals surface area contributed by atoms with Gasteiger partial charge in [-0.2, -0.15) is 0 Å². The van der Waals surface area contributed by atoms with Crippen LogP contribution in [-0.2, 0) is 25.6 Å². The number of aliphatic hydroxyl groups excluding tert-OH is 2. The Morgan fingerprint density at radius 2 is 2.00 bits per heavy atom. The van der Waals surface area contributed by atoms with Gasteiger partial charge in [0.25, 0.3) is 0 Å². The van der Waals surface area contributed by atoms with Gasteiger partial charge in [0.05, 0.1) is 42.3 Å². The highest BCUT2D eigenvalue weighted by atomic mass is 19.1. The third kappa shape index (κ3) is 6.85. The molecule has 1 aromatic heterocycles. The lowest BCUT2D eigenvalue weighted by Crippen LogP contribution is -2.46. The number of carbonyl (C=O) groups excluding carboxylic acids is 2. The van der Waals surface area contributed by atoms with Crippen molar-refractivity contribution in [1.29, 1.82) is 0 Å². The zero-order valence-electron chi connectivity index (χ0n) is 22.4. The number of carbonyl (C=O) groups is 2. The Kier molecular flexibility index (Phi) is 9.32. The minimum atomic E-state index is -1.38. The molecule has 37 heavy (non-hydrogen) atoms. The first-order chi connectivity index (χ1) is 17.3. The molecule has 1 aromatic rings. The molecular formula is C27H41FN2O7. The van der Waals surface area contributed by atoms with Gasteiger partial charge in [-0.15, -0.1) is 0 Å². The molecular weight excluding hydrogens is 483 g/mol. The molecule has 2 fully saturated rings. The number of nitrogens with zero attached hydrogens (tertiary/aromatic N) is 1. The highest BCUT2D eigenvalue weighted by molar-refractivity contribution is 5.88. The molecule has 7 atom stereocenters. The number of Topliss-reactive ketones (excluding diaryl/α,β-unsaturated/α-hetero) is 1. The van der Waals surface area contributed by atoms with Crippen molar-refractivity contribution in [1.82, 2.24) is 4.98 Å². The summed E-state index contributed by atoms with van der Waals surface area (Å²) in [4.78, 5) is 30.3.